The lowest BCUT2D eigenvalue weighted by Crippen LogP contribution is -2.49. The third kappa shape index (κ3) is 5.58. The first kappa shape index (κ1) is 25.4. The van der Waals surface area contributed by atoms with Crippen molar-refractivity contribution < 1.29 is 31.5 Å². The van der Waals surface area contributed by atoms with E-state index in [1.54, 1.807) is 9.80 Å². The first-order valence-electron chi connectivity index (χ1n) is 10.9. The molecule has 3 aromatic rings. The lowest BCUT2D eigenvalue weighted by atomic mass is 10.3. The summed E-state index contributed by atoms with van der Waals surface area (Å²) < 4.78 is 71.0. The van der Waals surface area contributed by atoms with Crippen LogP contribution in [-0.4, -0.2) is 80.1 Å². The fourth-order valence-electron chi connectivity index (χ4n) is 3.75. The van der Waals surface area contributed by atoms with Gasteiger partial charge < -0.3 is 14.5 Å². The minimum absolute atomic E-state index is 0.0680. The van der Waals surface area contributed by atoms with Gasteiger partial charge >= 0.3 is 6.18 Å². The number of rotatable bonds is 8. The highest BCUT2D eigenvalue weighted by Crippen LogP contribution is 2.28. The third-order valence-corrected chi connectivity index (χ3v) is 5.59. The average molecular weight is 516 g/mol. The minimum atomic E-state index is -4.51. The molecule has 4 heterocycles. The van der Waals surface area contributed by atoms with Gasteiger partial charge in [0, 0.05) is 38.6 Å². The summed E-state index contributed by atoms with van der Waals surface area (Å²) in [7, 11) is 0. The summed E-state index contributed by atoms with van der Waals surface area (Å²) in [5.41, 5.74) is -2.17. The highest BCUT2D eigenvalue weighted by atomic mass is 19.4. The van der Waals surface area contributed by atoms with Crippen LogP contribution in [0.1, 0.15) is 24.1 Å². The van der Waals surface area contributed by atoms with Crippen LogP contribution >= 0.6 is 0 Å². The quantitative estimate of drug-likeness (QED) is 0.354. The number of amides is 1. The van der Waals surface area contributed by atoms with Crippen LogP contribution in [0.25, 0.3) is 10.9 Å². The Labute approximate surface area is 199 Å². The molecule has 3 aromatic heterocycles. The molecule has 0 bridgehead atoms. The summed E-state index contributed by atoms with van der Waals surface area (Å²) in [5.74, 6) is 0.0000136. The molecule has 194 valence electrons. The van der Waals surface area contributed by atoms with Crippen molar-refractivity contribution in [2.45, 2.75) is 25.6 Å². The number of fused-ring (bicyclic) bond motifs is 1. The topological polar surface area (TPSA) is 122 Å². The standard InChI is InChI=1S/C20H21F5N8O3/c21-17(22)16-15-13(11-28-29-18(15)35)33(30-16)6-8-36-7-1-14(34)31-2-4-32(5-3-31)19-26-9-12(10-27-19)20(23,24)25/h9-11,17H,1-8H2,(H,29,35). The first-order chi connectivity index (χ1) is 17.1. The van der Waals surface area contributed by atoms with Crippen LogP contribution in [0.2, 0.25) is 0 Å². The number of anilines is 1. The van der Waals surface area contributed by atoms with Gasteiger partial charge in [0.2, 0.25) is 11.9 Å². The second kappa shape index (κ2) is 10.5. The fourth-order valence-corrected chi connectivity index (χ4v) is 3.75. The molecule has 0 unspecified atom stereocenters. The summed E-state index contributed by atoms with van der Waals surface area (Å²) in [4.78, 5) is 35.1. The minimum Gasteiger partial charge on any atom is -0.379 e. The normalized spacial score (nSPS) is 14.7. The maximum absolute atomic E-state index is 13.2. The van der Waals surface area contributed by atoms with Crippen molar-refractivity contribution >= 4 is 22.8 Å². The number of ether oxygens (including phenoxy) is 1. The van der Waals surface area contributed by atoms with Gasteiger partial charge in [-0.25, -0.2) is 23.8 Å². The third-order valence-electron chi connectivity index (χ3n) is 5.59. The molecule has 16 heteroatoms. The Hall–Kier alpha value is -3.69. The van der Waals surface area contributed by atoms with E-state index < -0.39 is 29.4 Å². The molecule has 36 heavy (non-hydrogen) atoms. The van der Waals surface area contributed by atoms with E-state index in [-0.39, 0.29) is 48.9 Å². The van der Waals surface area contributed by atoms with Gasteiger partial charge in [0.15, 0.2) is 0 Å². The molecule has 1 saturated heterocycles. The number of nitrogens with one attached hydrogen (secondary N) is 1. The SMILES string of the molecule is O=C(CCOCCn1nc(C(F)F)c2c(=O)[nH]ncc21)N1CCN(c2ncc(C(F)(F)F)cn2)CC1. The molecule has 0 radical (unpaired) electrons. The van der Waals surface area contributed by atoms with E-state index in [2.05, 4.69) is 25.3 Å². The number of aromatic nitrogens is 6. The monoisotopic (exact) mass is 516 g/mol. The zero-order valence-corrected chi connectivity index (χ0v) is 18.7. The maximum atomic E-state index is 13.2. The highest BCUT2D eigenvalue weighted by molar-refractivity contribution is 5.80. The van der Waals surface area contributed by atoms with Crippen LogP contribution in [0.15, 0.2) is 23.4 Å². The Bertz CT molecular complexity index is 1250. The van der Waals surface area contributed by atoms with Gasteiger partial charge in [-0.2, -0.15) is 23.4 Å². The Morgan fingerprint density at radius 1 is 1.08 bits per heavy atom. The summed E-state index contributed by atoms with van der Waals surface area (Å²) in [6.07, 6.45) is -4.67. The Morgan fingerprint density at radius 3 is 2.42 bits per heavy atom. The molecule has 4 rings (SSSR count). The molecule has 0 spiro atoms. The number of alkyl halides is 5. The Kier molecular flexibility index (Phi) is 7.42. The van der Waals surface area contributed by atoms with Crippen LogP contribution in [0.5, 0.6) is 0 Å². The summed E-state index contributed by atoms with van der Waals surface area (Å²) in [6, 6.07) is 0. The lowest BCUT2D eigenvalue weighted by Gasteiger charge is -2.34. The predicted octanol–water partition coefficient (Wildman–Crippen LogP) is 1.62. The molecule has 1 amide bonds. The second-order valence-corrected chi connectivity index (χ2v) is 7.87. The van der Waals surface area contributed by atoms with Gasteiger partial charge in [-0.05, 0) is 0 Å². The number of piperazine rings is 1. The number of hydrogen-bond donors (Lipinski definition) is 1. The number of carbonyl (C=O) groups is 1. The van der Waals surface area contributed by atoms with Gasteiger partial charge in [-0.1, -0.05) is 0 Å². The van der Waals surface area contributed by atoms with E-state index in [0.29, 0.717) is 26.2 Å². The fraction of sp³-hybridized carbons (Fsp3) is 0.500. The van der Waals surface area contributed by atoms with Gasteiger partial charge in [0.1, 0.15) is 5.69 Å². The average Bonchev–Trinajstić information content (AvgIpc) is 3.24. The highest BCUT2D eigenvalue weighted by Gasteiger charge is 2.32. The molecule has 0 saturated carbocycles. The second-order valence-electron chi connectivity index (χ2n) is 7.87. The van der Waals surface area contributed by atoms with Crippen LogP contribution in [0, 0.1) is 0 Å². The Balaban J connectivity index is 1.21. The lowest BCUT2D eigenvalue weighted by molar-refractivity contribution is -0.138. The predicted molar refractivity (Wildman–Crippen MR) is 114 cm³/mol. The summed E-state index contributed by atoms with van der Waals surface area (Å²) in [6.45, 7) is 1.66. The molecular weight excluding hydrogens is 495 g/mol. The van der Waals surface area contributed by atoms with Crippen LogP contribution in [0.4, 0.5) is 27.9 Å². The number of H-pyrrole nitrogens is 1. The van der Waals surface area contributed by atoms with Gasteiger partial charge in [-0.3, -0.25) is 14.3 Å². The van der Waals surface area contributed by atoms with E-state index in [9.17, 15) is 31.5 Å². The maximum Gasteiger partial charge on any atom is 0.419 e. The van der Waals surface area contributed by atoms with E-state index in [1.807, 2.05) is 0 Å². The molecule has 1 aliphatic heterocycles. The van der Waals surface area contributed by atoms with E-state index in [4.69, 9.17) is 4.74 Å². The van der Waals surface area contributed by atoms with E-state index in [1.165, 1.54) is 10.9 Å². The van der Waals surface area contributed by atoms with Crippen molar-refractivity contribution in [2.75, 3.05) is 44.3 Å². The summed E-state index contributed by atoms with van der Waals surface area (Å²) in [5, 5.41) is 9.28. The van der Waals surface area contributed by atoms with Crippen molar-refractivity contribution in [3.8, 4) is 0 Å². The van der Waals surface area contributed by atoms with Crippen molar-refractivity contribution in [3.63, 3.8) is 0 Å². The zero-order valence-electron chi connectivity index (χ0n) is 18.7. The molecule has 1 N–H and O–H groups in total. The van der Waals surface area contributed by atoms with Gasteiger partial charge in [0.25, 0.3) is 12.0 Å². The Morgan fingerprint density at radius 2 is 1.78 bits per heavy atom. The van der Waals surface area contributed by atoms with Crippen molar-refractivity contribution in [1.82, 2.24) is 34.8 Å². The smallest absolute Gasteiger partial charge is 0.379 e. The number of nitrogens with zero attached hydrogens (tertiary/aromatic N) is 7. The molecule has 0 aromatic carbocycles. The van der Waals surface area contributed by atoms with Gasteiger partial charge in [-0.15, -0.1) is 0 Å². The molecule has 11 nitrogen and oxygen atoms in total. The molecular formula is C20H21F5N8O3. The largest absolute Gasteiger partial charge is 0.419 e. The van der Waals surface area contributed by atoms with Crippen LogP contribution in [0.3, 0.4) is 0 Å². The summed E-state index contributed by atoms with van der Waals surface area (Å²) >= 11 is 0. The van der Waals surface area contributed by atoms with Gasteiger partial charge in [0.05, 0.1) is 48.8 Å². The van der Waals surface area contributed by atoms with E-state index in [0.717, 1.165) is 12.4 Å². The molecule has 1 aliphatic rings. The van der Waals surface area contributed by atoms with Crippen molar-refractivity contribution in [1.29, 1.82) is 0 Å². The van der Waals surface area contributed by atoms with Crippen molar-refractivity contribution in [3.05, 3.63) is 40.2 Å². The number of carbonyl (C=O) groups excluding carboxylic acids is 1. The molecule has 0 aliphatic carbocycles. The van der Waals surface area contributed by atoms with Crippen molar-refractivity contribution in [2.24, 2.45) is 0 Å². The van der Waals surface area contributed by atoms with E-state index >= 15 is 0 Å². The molecule has 0 atom stereocenters. The van der Waals surface area contributed by atoms with Crippen LogP contribution < -0.4 is 10.5 Å². The zero-order chi connectivity index (χ0) is 25.9. The number of halogens is 5. The first-order valence-corrected chi connectivity index (χ1v) is 10.9. The molecule has 1 fully saturated rings. The van der Waals surface area contributed by atoms with Crippen LogP contribution in [-0.2, 0) is 22.3 Å². The number of hydrogen-bond acceptors (Lipinski definition) is 8. The number of aromatic amines is 1.